The summed E-state index contributed by atoms with van der Waals surface area (Å²) in [6, 6.07) is 6.12. The number of benzene rings is 1. The van der Waals surface area contributed by atoms with E-state index in [1.165, 1.54) is 16.9 Å². The van der Waals surface area contributed by atoms with Gasteiger partial charge in [-0.1, -0.05) is 17.7 Å². The van der Waals surface area contributed by atoms with E-state index in [2.05, 4.69) is 16.4 Å². The van der Waals surface area contributed by atoms with Crippen LogP contribution in [0.5, 0.6) is 0 Å². The van der Waals surface area contributed by atoms with E-state index in [0.29, 0.717) is 17.3 Å². The number of ether oxygens (including phenoxy) is 1. The second kappa shape index (κ2) is 5.84. The van der Waals surface area contributed by atoms with Gasteiger partial charge in [-0.25, -0.2) is 9.78 Å². The van der Waals surface area contributed by atoms with Crippen LogP contribution in [0.25, 0.3) is 0 Å². The maximum Gasteiger partial charge on any atom is 0.360 e. The second-order valence-electron chi connectivity index (χ2n) is 4.19. The molecule has 0 bridgehead atoms. The molecule has 0 saturated carbocycles. The van der Waals surface area contributed by atoms with Crippen molar-refractivity contribution < 1.29 is 9.53 Å². The summed E-state index contributed by atoms with van der Waals surface area (Å²) in [5, 5.41) is 3.96. The van der Waals surface area contributed by atoms with Crippen molar-refractivity contribution in [1.29, 1.82) is 0 Å². The maximum atomic E-state index is 11.7. The molecule has 0 radical (unpaired) electrons. The summed E-state index contributed by atoms with van der Waals surface area (Å²) in [6.45, 7) is 6.20. The van der Waals surface area contributed by atoms with Gasteiger partial charge in [-0.3, -0.25) is 0 Å². The van der Waals surface area contributed by atoms with E-state index < -0.39 is 5.97 Å². The van der Waals surface area contributed by atoms with Crippen LogP contribution in [0, 0.1) is 13.8 Å². The molecule has 5 heteroatoms. The number of thiazole rings is 1. The van der Waals surface area contributed by atoms with Crippen molar-refractivity contribution in [3.8, 4) is 0 Å². The first-order chi connectivity index (χ1) is 9.11. The molecule has 2 aromatic rings. The summed E-state index contributed by atoms with van der Waals surface area (Å²) in [7, 11) is 0. The molecule has 0 spiro atoms. The Morgan fingerprint density at radius 2 is 2.21 bits per heavy atom. The number of carbonyl (C=O) groups is 1. The molecule has 19 heavy (non-hydrogen) atoms. The van der Waals surface area contributed by atoms with Crippen molar-refractivity contribution in [2.24, 2.45) is 0 Å². The molecular weight excluding hydrogens is 260 g/mol. The third kappa shape index (κ3) is 3.12. The highest BCUT2D eigenvalue weighted by Gasteiger charge is 2.16. The smallest absolute Gasteiger partial charge is 0.360 e. The zero-order valence-electron chi connectivity index (χ0n) is 11.2. The first-order valence-corrected chi connectivity index (χ1v) is 6.94. The van der Waals surface area contributed by atoms with E-state index in [0.717, 1.165) is 11.3 Å². The maximum absolute atomic E-state index is 11.7. The Balaban J connectivity index is 2.24. The van der Waals surface area contributed by atoms with E-state index >= 15 is 0 Å². The number of nitrogens with zero attached hydrogens (tertiary/aromatic N) is 1. The molecule has 1 aromatic heterocycles. The number of aryl methyl sites for hydroxylation is 2. The van der Waals surface area contributed by atoms with E-state index in [1.54, 1.807) is 12.4 Å². The van der Waals surface area contributed by atoms with E-state index in [-0.39, 0.29) is 0 Å². The largest absolute Gasteiger partial charge is 0.461 e. The Morgan fingerprint density at radius 1 is 1.42 bits per heavy atom. The predicted octanol–water partition coefficient (Wildman–Crippen LogP) is 3.68. The van der Waals surface area contributed by atoms with E-state index in [1.807, 2.05) is 26.0 Å². The molecule has 0 aliphatic heterocycles. The van der Waals surface area contributed by atoms with Crippen molar-refractivity contribution in [2.45, 2.75) is 20.8 Å². The lowest BCUT2D eigenvalue weighted by Gasteiger charge is -2.09. The summed E-state index contributed by atoms with van der Waals surface area (Å²) >= 11 is 1.39. The molecule has 1 heterocycles. The molecule has 1 aromatic carbocycles. The Labute approximate surface area is 116 Å². The summed E-state index contributed by atoms with van der Waals surface area (Å²) in [6.07, 6.45) is 0. The molecule has 2 rings (SSSR count). The molecule has 0 amide bonds. The minimum atomic E-state index is -0.393. The van der Waals surface area contributed by atoms with Crippen molar-refractivity contribution in [3.63, 3.8) is 0 Å². The molecule has 0 saturated heterocycles. The van der Waals surface area contributed by atoms with Gasteiger partial charge in [-0.15, -0.1) is 11.3 Å². The van der Waals surface area contributed by atoms with Crippen molar-refractivity contribution in [1.82, 2.24) is 4.98 Å². The molecule has 4 nitrogen and oxygen atoms in total. The number of nitrogens with one attached hydrogen (secondary N) is 1. The number of carbonyl (C=O) groups excluding carboxylic acids is 1. The average Bonchev–Trinajstić information content (AvgIpc) is 2.81. The van der Waals surface area contributed by atoms with Gasteiger partial charge in [0.2, 0.25) is 0 Å². The number of aromatic nitrogens is 1. The summed E-state index contributed by atoms with van der Waals surface area (Å²) in [4.78, 5) is 15.8. The summed E-state index contributed by atoms with van der Waals surface area (Å²) < 4.78 is 4.98. The summed E-state index contributed by atoms with van der Waals surface area (Å²) in [5.41, 5.74) is 5.28. The zero-order chi connectivity index (χ0) is 13.8. The fraction of sp³-hybridized carbons (Fsp3) is 0.286. The van der Waals surface area contributed by atoms with Crippen molar-refractivity contribution in [2.75, 3.05) is 11.9 Å². The lowest BCUT2D eigenvalue weighted by Crippen LogP contribution is -2.07. The number of hydrogen-bond donors (Lipinski definition) is 1. The fourth-order valence-corrected chi connectivity index (χ4v) is 2.44. The van der Waals surface area contributed by atoms with E-state index in [9.17, 15) is 4.79 Å². The Morgan fingerprint density at radius 3 is 2.89 bits per heavy atom. The van der Waals surface area contributed by atoms with Crippen LogP contribution >= 0.6 is 11.3 Å². The quantitative estimate of drug-likeness (QED) is 0.865. The number of anilines is 2. The highest BCUT2D eigenvalue weighted by molar-refractivity contribution is 7.14. The molecule has 0 fully saturated rings. The first-order valence-electron chi connectivity index (χ1n) is 6.06. The van der Waals surface area contributed by atoms with Crippen molar-refractivity contribution in [3.05, 3.63) is 40.5 Å². The molecule has 0 unspecified atom stereocenters. The van der Waals surface area contributed by atoms with Gasteiger partial charge in [-0.05, 0) is 32.4 Å². The predicted molar refractivity (Wildman–Crippen MR) is 77.3 cm³/mol. The van der Waals surface area contributed by atoms with Crippen LogP contribution in [-0.4, -0.2) is 17.6 Å². The lowest BCUT2D eigenvalue weighted by molar-refractivity contribution is 0.0521. The van der Waals surface area contributed by atoms with Crippen LogP contribution in [-0.2, 0) is 4.74 Å². The van der Waals surface area contributed by atoms with Gasteiger partial charge >= 0.3 is 5.97 Å². The second-order valence-corrected chi connectivity index (χ2v) is 5.05. The van der Waals surface area contributed by atoms with Crippen molar-refractivity contribution >= 4 is 28.0 Å². The Hall–Kier alpha value is -1.88. The standard InChI is InChI=1S/C14H16N2O2S/c1-4-18-14(17)12-13(19-8-15-12)16-11-6-5-9(2)7-10(11)3/h5-8,16H,4H2,1-3H3. The van der Waals surface area contributed by atoms with Crippen LogP contribution in [0.3, 0.4) is 0 Å². The van der Waals surface area contributed by atoms with Crippen LogP contribution in [0.2, 0.25) is 0 Å². The normalized spacial score (nSPS) is 10.3. The van der Waals surface area contributed by atoms with Gasteiger partial charge in [0.25, 0.3) is 0 Å². The van der Waals surface area contributed by atoms with Gasteiger partial charge in [0, 0.05) is 5.69 Å². The Kier molecular flexibility index (Phi) is 4.16. The highest BCUT2D eigenvalue weighted by Crippen LogP contribution is 2.27. The van der Waals surface area contributed by atoms with Gasteiger partial charge in [0.1, 0.15) is 5.00 Å². The van der Waals surface area contributed by atoms with Crippen LogP contribution in [0.15, 0.2) is 23.7 Å². The van der Waals surface area contributed by atoms with Crippen LogP contribution < -0.4 is 5.32 Å². The topological polar surface area (TPSA) is 51.2 Å². The summed E-state index contributed by atoms with van der Waals surface area (Å²) in [5.74, 6) is -0.393. The minimum Gasteiger partial charge on any atom is -0.461 e. The zero-order valence-corrected chi connectivity index (χ0v) is 12.0. The molecule has 0 aliphatic carbocycles. The SMILES string of the molecule is CCOC(=O)c1ncsc1Nc1ccc(C)cc1C. The van der Waals surface area contributed by atoms with Gasteiger partial charge in [-0.2, -0.15) is 0 Å². The lowest BCUT2D eigenvalue weighted by atomic mass is 10.1. The average molecular weight is 276 g/mol. The molecule has 100 valence electrons. The molecular formula is C14H16N2O2S. The molecule has 1 N–H and O–H groups in total. The number of hydrogen-bond acceptors (Lipinski definition) is 5. The third-order valence-electron chi connectivity index (χ3n) is 2.67. The van der Waals surface area contributed by atoms with Gasteiger partial charge < -0.3 is 10.1 Å². The van der Waals surface area contributed by atoms with Crippen LogP contribution in [0.1, 0.15) is 28.5 Å². The number of rotatable bonds is 4. The molecule has 0 atom stereocenters. The van der Waals surface area contributed by atoms with Gasteiger partial charge in [0.15, 0.2) is 5.69 Å². The monoisotopic (exact) mass is 276 g/mol. The third-order valence-corrected chi connectivity index (χ3v) is 3.41. The van der Waals surface area contributed by atoms with E-state index in [4.69, 9.17) is 4.74 Å². The fourth-order valence-electron chi connectivity index (χ4n) is 1.76. The van der Waals surface area contributed by atoms with Gasteiger partial charge in [0.05, 0.1) is 12.1 Å². The van der Waals surface area contributed by atoms with Crippen LogP contribution in [0.4, 0.5) is 10.7 Å². The minimum absolute atomic E-state index is 0.340. The first kappa shape index (κ1) is 13.5. The highest BCUT2D eigenvalue weighted by atomic mass is 32.1. The Bertz CT molecular complexity index is 593. The molecule has 0 aliphatic rings. The number of esters is 1.